The van der Waals surface area contributed by atoms with Crippen LogP contribution in [0.2, 0.25) is 0 Å². The van der Waals surface area contributed by atoms with E-state index in [0.29, 0.717) is 11.1 Å². The van der Waals surface area contributed by atoms with Crippen LogP contribution >= 0.6 is 0 Å². The summed E-state index contributed by atoms with van der Waals surface area (Å²) in [7, 11) is 1.31. The van der Waals surface area contributed by atoms with Gasteiger partial charge >= 0.3 is 6.61 Å². The van der Waals surface area contributed by atoms with Gasteiger partial charge in [0.25, 0.3) is 11.6 Å². The Morgan fingerprint density at radius 3 is 2.42 bits per heavy atom. The smallest absolute Gasteiger partial charge is 0.387 e. The largest absolute Gasteiger partial charge is 0.493 e. The maximum absolute atomic E-state index is 12.4. The Labute approximate surface area is 145 Å². The molecule has 3 rings (SSSR count). The molecular formula is C16H11F2N3O5. The number of non-ortho nitro benzene ring substituents is 1. The minimum atomic E-state index is -2.98. The molecular weight excluding hydrogens is 352 g/mol. The average Bonchev–Trinajstić information content (AvgIpc) is 3.11. The molecule has 1 heterocycles. The Morgan fingerprint density at radius 2 is 1.81 bits per heavy atom. The number of halogens is 2. The van der Waals surface area contributed by atoms with Crippen molar-refractivity contribution >= 4 is 5.69 Å². The summed E-state index contributed by atoms with van der Waals surface area (Å²) in [6, 6.07) is 9.82. The summed E-state index contributed by atoms with van der Waals surface area (Å²) in [4.78, 5) is 14.4. The maximum Gasteiger partial charge on any atom is 0.387 e. The molecule has 0 atom stereocenters. The molecule has 0 aliphatic rings. The number of nitrogens with zero attached hydrogens (tertiary/aromatic N) is 3. The summed E-state index contributed by atoms with van der Waals surface area (Å²) < 4.78 is 39.3. The van der Waals surface area contributed by atoms with E-state index in [1.165, 1.54) is 49.6 Å². The van der Waals surface area contributed by atoms with Gasteiger partial charge in [-0.15, -0.1) is 0 Å². The highest BCUT2D eigenvalue weighted by atomic mass is 19.3. The summed E-state index contributed by atoms with van der Waals surface area (Å²) in [5.74, 6) is 0.307. The van der Waals surface area contributed by atoms with Crippen LogP contribution in [-0.2, 0) is 0 Å². The van der Waals surface area contributed by atoms with E-state index >= 15 is 0 Å². The van der Waals surface area contributed by atoms with Crippen molar-refractivity contribution in [3.8, 4) is 34.3 Å². The van der Waals surface area contributed by atoms with Crippen molar-refractivity contribution < 1.29 is 27.7 Å². The highest BCUT2D eigenvalue weighted by molar-refractivity contribution is 5.63. The molecule has 26 heavy (non-hydrogen) atoms. The van der Waals surface area contributed by atoms with Gasteiger partial charge in [0.15, 0.2) is 11.5 Å². The van der Waals surface area contributed by atoms with Gasteiger partial charge in [-0.2, -0.15) is 13.8 Å². The van der Waals surface area contributed by atoms with Crippen molar-refractivity contribution in [2.75, 3.05) is 7.11 Å². The van der Waals surface area contributed by atoms with E-state index in [9.17, 15) is 18.9 Å². The number of aromatic nitrogens is 2. The van der Waals surface area contributed by atoms with Crippen molar-refractivity contribution in [3.63, 3.8) is 0 Å². The minimum Gasteiger partial charge on any atom is -0.493 e. The number of alkyl halides is 2. The number of hydrogen-bond acceptors (Lipinski definition) is 7. The summed E-state index contributed by atoms with van der Waals surface area (Å²) in [6.07, 6.45) is 0. The second kappa shape index (κ2) is 7.13. The van der Waals surface area contributed by atoms with E-state index in [4.69, 9.17) is 9.26 Å². The van der Waals surface area contributed by atoms with Crippen molar-refractivity contribution in [2.24, 2.45) is 0 Å². The summed E-state index contributed by atoms with van der Waals surface area (Å²) >= 11 is 0. The summed E-state index contributed by atoms with van der Waals surface area (Å²) in [5.41, 5.74) is 0.899. The van der Waals surface area contributed by atoms with Gasteiger partial charge in [-0.25, -0.2) is 0 Å². The fraction of sp³-hybridized carbons (Fsp3) is 0.125. The first kappa shape index (κ1) is 17.3. The molecule has 3 aromatic rings. The van der Waals surface area contributed by atoms with Crippen LogP contribution in [-0.4, -0.2) is 28.8 Å². The number of benzene rings is 2. The number of methoxy groups -OCH3 is 1. The van der Waals surface area contributed by atoms with E-state index in [0.717, 1.165) is 0 Å². The lowest BCUT2D eigenvalue weighted by Gasteiger charge is -2.09. The van der Waals surface area contributed by atoms with E-state index in [2.05, 4.69) is 14.9 Å². The standard InChI is InChI=1S/C16H11F2N3O5/c1-24-13-8-10(4-7-12(13)25-16(17)18)15-19-14(20-26-15)9-2-5-11(6-3-9)21(22)23/h2-8,16H,1H3. The highest BCUT2D eigenvalue weighted by Crippen LogP contribution is 2.33. The SMILES string of the molecule is COc1cc(-c2nc(-c3ccc([N+](=O)[O-])cc3)no2)ccc1OC(F)F. The number of nitro benzene ring substituents is 1. The highest BCUT2D eigenvalue weighted by Gasteiger charge is 2.16. The van der Waals surface area contributed by atoms with Gasteiger partial charge in [-0.1, -0.05) is 5.16 Å². The van der Waals surface area contributed by atoms with E-state index in [1.807, 2.05) is 0 Å². The maximum atomic E-state index is 12.4. The van der Waals surface area contributed by atoms with E-state index in [1.54, 1.807) is 0 Å². The summed E-state index contributed by atoms with van der Waals surface area (Å²) in [5, 5.41) is 14.5. The first-order valence-corrected chi connectivity index (χ1v) is 7.19. The Bertz CT molecular complexity index is 928. The van der Waals surface area contributed by atoms with Crippen LogP contribution in [0.1, 0.15) is 0 Å². The monoisotopic (exact) mass is 363 g/mol. The molecule has 0 unspecified atom stereocenters. The van der Waals surface area contributed by atoms with Gasteiger partial charge in [0, 0.05) is 23.3 Å². The Balaban J connectivity index is 1.88. The Hall–Kier alpha value is -3.56. The molecule has 0 fully saturated rings. The molecule has 1 aromatic heterocycles. The number of hydrogen-bond donors (Lipinski definition) is 0. The third-order valence-corrected chi connectivity index (χ3v) is 3.39. The number of nitro groups is 1. The molecule has 0 bridgehead atoms. The minimum absolute atomic E-state index is 0.0585. The number of rotatable bonds is 6. The van der Waals surface area contributed by atoms with Crippen LogP contribution in [0, 0.1) is 10.1 Å². The molecule has 0 amide bonds. The predicted molar refractivity (Wildman–Crippen MR) is 85.0 cm³/mol. The topological polar surface area (TPSA) is 101 Å². The molecule has 0 saturated carbocycles. The fourth-order valence-electron chi connectivity index (χ4n) is 2.18. The van der Waals surface area contributed by atoms with Gasteiger partial charge in [0.05, 0.1) is 12.0 Å². The van der Waals surface area contributed by atoms with Crippen LogP contribution in [0.3, 0.4) is 0 Å². The normalized spacial score (nSPS) is 10.8. The molecule has 0 saturated heterocycles. The molecule has 0 spiro atoms. The quantitative estimate of drug-likeness (QED) is 0.483. The lowest BCUT2D eigenvalue weighted by molar-refractivity contribution is -0.384. The molecule has 0 aliphatic heterocycles. The molecule has 10 heteroatoms. The lowest BCUT2D eigenvalue weighted by atomic mass is 10.2. The second-order valence-electron chi connectivity index (χ2n) is 4.97. The predicted octanol–water partition coefficient (Wildman–Crippen LogP) is 3.92. The number of ether oxygens (including phenoxy) is 2. The van der Waals surface area contributed by atoms with Crippen molar-refractivity contribution in [3.05, 3.63) is 52.6 Å². The van der Waals surface area contributed by atoms with E-state index < -0.39 is 11.5 Å². The molecule has 0 N–H and O–H groups in total. The van der Waals surface area contributed by atoms with Crippen molar-refractivity contribution in [1.29, 1.82) is 0 Å². The third kappa shape index (κ3) is 3.58. The first-order valence-electron chi connectivity index (χ1n) is 7.19. The van der Waals surface area contributed by atoms with Crippen LogP contribution in [0.5, 0.6) is 11.5 Å². The third-order valence-electron chi connectivity index (χ3n) is 3.39. The van der Waals surface area contributed by atoms with Crippen LogP contribution in [0.4, 0.5) is 14.5 Å². The van der Waals surface area contributed by atoms with Crippen LogP contribution < -0.4 is 9.47 Å². The first-order chi connectivity index (χ1) is 12.5. The van der Waals surface area contributed by atoms with Gasteiger partial charge in [0.1, 0.15) is 0 Å². The van der Waals surface area contributed by atoms with Gasteiger partial charge in [0.2, 0.25) is 5.82 Å². The fourth-order valence-corrected chi connectivity index (χ4v) is 2.18. The zero-order chi connectivity index (χ0) is 18.7. The van der Waals surface area contributed by atoms with Gasteiger partial charge in [-0.05, 0) is 30.3 Å². The zero-order valence-corrected chi connectivity index (χ0v) is 13.3. The van der Waals surface area contributed by atoms with Crippen LogP contribution in [0.25, 0.3) is 22.8 Å². The van der Waals surface area contributed by atoms with Gasteiger partial charge in [-0.3, -0.25) is 10.1 Å². The summed E-state index contributed by atoms with van der Waals surface area (Å²) in [6.45, 7) is -2.98. The second-order valence-corrected chi connectivity index (χ2v) is 4.97. The van der Waals surface area contributed by atoms with Crippen molar-refractivity contribution in [1.82, 2.24) is 10.1 Å². The molecule has 0 aliphatic carbocycles. The van der Waals surface area contributed by atoms with Gasteiger partial charge < -0.3 is 14.0 Å². The molecule has 8 nitrogen and oxygen atoms in total. The average molecular weight is 363 g/mol. The van der Waals surface area contributed by atoms with Crippen LogP contribution in [0.15, 0.2) is 47.0 Å². The molecule has 0 radical (unpaired) electrons. The lowest BCUT2D eigenvalue weighted by Crippen LogP contribution is -2.03. The Morgan fingerprint density at radius 1 is 1.12 bits per heavy atom. The molecule has 134 valence electrons. The molecule has 2 aromatic carbocycles. The van der Waals surface area contributed by atoms with E-state index in [-0.39, 0.29) is 28.9 Å². The Kier molecular flexibility index (Phi) is 4.74. The zero-order valence-electron chi connectivity index (χ0n) is 13.3. The van der Waals surface area contributed by atoms with Crippen molar-refractivity contribution in [2.45, 2.75) is 6.61 Å².